The van der Waals surface area contributed by atoms with Crippen LogP contribution in [0.3, 0.4) is 0 Å². The second-order valence-corrected chi connectivity index (χ2v) is 10.5. The lowest BCUT2D eigenvalue weighted by Crippen LogP contribution is -2.44. The highest BCUT2D eigenvalue weighted by Crippen LogP contribution is 2.35. The van der Waals surface area contributed by atoms with Gasteiger partial charge < -0.3 is 29.0 Å². The molecule has 0 radical (unpaired) electrons. The molecule has 3 heterocycles. The summed E-state index contributed by atoms with van der Waals surface area (Å²) in [6.07, 6.45) is -0.320. The van der Waals surface area contributed by atoms with Crippen molar-refractivity contribution in [3.8, 4) is 11.5 Å². The monoisotopic (exact) mass is 512 g/mol. The normalized spacial score (nSPS) is 23.1. The molecule has 2 fully saturated rings. The molecule has 4 rings (SSSR count). The van der Waals surface area contributed by atoms with E-state index in [9.17, 15) is 27.9 Å². The minimum Gasteiger partial charge on any atom is -0.486 e. The Balaban J connectivity index is 1.38. The molecule has 1 N–H and O–H groups in total. The molecule has 0 bridgehead atoms. The first-order valence-corrected chi connectivity index (χ1v) is 12.8. The van der Waals surface area contributed by atoms with E-state index < -0.39 is 40.7 Å². The number of ether oxygens (including phenoxy) is 4. The Labute approximate surface area is 202 Å². The summed E-state index contributed by atoms with van der Waals surface area (Å²) in [5, 5.41) is 10.1. The van der Waals surface area contributed by atoms with Gasteiger partial charge in [-0.2, -0.15) is 4.31 Å². The predicted molar refractivity (Wildman–Crippen MR) is 118 cm³/mol. The van der Waals surface area contributed by atoms with E-state index in [1.165, 1.54) is 30.2 Å². The molecule has 0 unspecified atom stereocenters. The zero-order valence-electron chi connectivity index (χ0n) is 19.3. The van der Waals surface area contributed by atoms with E-state index in [-0.39, 0.29) is 42.1 Å². The van der Waals surface area contributed by atoms with Gasteiger partial charge in [0.1, 0.15) is 19.3 Å². The quantitative estimate of drug-likeness (QED) is 0.496. The van der Waals surface area contributed by atoms with Gasteiger partial charge in [0.05, 0.1) is 24.0 Å². The van der Waals surface area contributed by atoms with Crippen LogP contribution in [0.2, 0.25) is 0 Å². The van der Waals surface area contributed by atoms with Gasteiger partial charge in [-0.05, 0) is 25.0 Å². The summed E-state index contributed by atoms with van der Waals surface area (Å²) in [7, 11) is -2.86. The van der Waals surface area contributed by atoms with Gasteiger partial charge >= 0.3 is 11.9 Å². The number of hydrogen-bond donors (Lipinski definition) is 1. The summed E-state index contributed by atoms with van der Waals surface area (Å²) in [4.78, 5) is 38.3. The number of piperidine rings is 1. The van der Waals surface area contributed by atoms with Crippen molar-refractivity contribution in [2.75, 3.05) is 46.6 Å². The van der Waals surface area contributed by atoms with Gasteiger partial charge in [0.15, 0.2) is 18.1 Å². The van der Waals surface area contributed by atoms with Gasteiger partial charge in [-0.1, -0.05) is 0 Å². The van der Waals surface area contributed by atoms with Crippen molar-refractivity contribution in [3.05, 3.63) is 18.2 Å². The lowest BCUT2D eigenvalue weighted by Gasteiger charge is -2.30. The molecule has 1 amide bonds. The molecule has 0 aromatic heterocycles. The fourth-order valence-corrected chi connectivity index (χ4v) is 6.08. The SMILES string of the molecule is COC(=O)C1CCN(C(=O)COC(=O)[C@@H]2C[C@H](O)CN2S(=O)(=O)c2ccc3c(c2)OCCO3)CC1. The second-order valence-electron chi connectivity index (χ2n) is 8.57. The van der Waals surface area contributed by atoms with Gasteiger partial charge in [0.2, 0.25) is 10.0 Å². The molecule has 0 spiro atoms. The smallest absolute Gasteiger partial charge is 0.325 e. The van der Waals surface area contributed by atoms with Crippen LogP contribution in [0.15, 0.2) is 23.1 Å². The summed E-state index contributed by atoms with van der Waals surface area (Å²) in [5.74, 6) is -1.25. The Morgan fingerprint density at radius 2 is 1.77 bits per heavy atom. The molecule has 1 aromatic carbocycles. The molecular formula is C22H28N2O10S. The van der Waals surface area contributed by atoms with Crippen molar-refractivity contribution in [3.63, 3.8) is 0 Å². The van der Waals surface area contributed by atoms with E-state index in [4.69, 9.17) is 18.9 Å². The van der Waals surface area contributed by atoms with Crippen molar-refractivity contribution in [1.82, 2.24) is 9.21 Å². The van der Waals surface area contributed by atoms with Crippen LogP contribution in [0, 0.1) is 5.92 Å². The lowest BCUT2D eigenvalue weighted by atomic mass is 9.97. The summed E-state index contributed by atoms with van der Waals surface area (Å²) in [6.45, 7) is 0.430. The number of rotatable bonds is 6. The standard InChI is InChI=1S/C22H28N2O10S/c1-31-21(27)14-4-6-23(7-5-14)20(26)13-34-22(28)17-10-15(25)12-24(17)35(29,30)16-2-3-18-19(11-16)33-9-8-32-18/h2-3,11,14-15,17,25H,4-10,12-13H2,1H3/t15-,17-/m0/s1. The molecule has 12 nitrogen and oxygen atoms in total. The average Bonchev–Trinajstić information content (AvgIpc) is 3.29. The number of β-amino-alcohol motifs (C(OH)–C–C–N with tert-alkyl or cyclic N) is 1. The molecule has 2 atom stereocenters. The molecule has 0 aliphatic carbocycles. The molecule has 192 valence electrons. The Hall–Kier alpha value is -2.90. The Bertz CT molecular complexity index is 1080. The predicted octanol–water partition coefficient (Wildman–Crippen LogP) is -0.463. The van der Waals surface area contributed by atoms with Crippen molar-refractivity contribution in [1.29, 1.82) is 0 Å². The summed E-state index contributed by atoms with van der Waals surface area (Å²) in [6, 6.07) is 2.86. The van der Waals surface area contributed by atoms with Gasteiger partial charge in [-0.25, -0.2) is 8.42 Å². The zero-order chi connectivity index (χ0) is 25.2. The van der Waals surface area contributed by atoms with Crippen molar-refractivity contribution < 1.29 is 46.9 Å². The van der Waals surface area contributed by atoms with Crippen LogP contribution >= 0.6 is 0 Å². The molecule has 3 aliphatic rings. The molecule has 0 saturated carbocycles. The van der Waals surface area contributed by atoms with Crippen LogP contribution in [0.4, 0.5) is 0 Å². The number of sulfonamides is 1. The largest absolute Gasteiger partial charge is 0.486 e. The summed E-state index contributed by atoms with van der Waals surface area (Å²) >= 11 is 0. The minimum atomic E-state index is -4.18. The fraction of sp³-hybridized carbons (Fsp3) is 0.591. The van der Waals surface area contributed by atoms with Crippen LogP contribution in [-0.2, 0) is 33.9 Å². The van der Waals surface area contributed by atoms with E-state index >= 15 is 0 Å². The maximum atomic E-state index is 13.3. The van der Waals surface area contributed by atoms with Crippen molar-refractivity contribution in [2.24, 2.45) is 5.92 Å². The molecule has 35 heavy (non-hydrogen) atoms. The third-order valence-electron chi connectivity index (χ3n) is 6.35. The van der Waals surface area contributed by atoms with E-state index in [0.717, 1.165) is 4.31 Å². The number of methoxy groups -OCH3 is 1. The maximum Gasteiger partial charge on any atom is 0.325 e. The second kappa shape index (κ2) is 10.4. The number of carbonyl (C=O) groups is 3. The van der Waals surface area contributed by atoms with E-state index in [2.05, 4.69) is 0 Å². The highest BCUT2D eigenvalue weighted by Gasteiger charge is 2.45. The molecule has 2 saturated heterocycles. The third kappa shape index (κ3) is 5.36. The first kappa shape index (κ1) is 25.2. The van der Waals surface area contributed by atoms with E-state index in [0.29, 0.717) is 38.3 Å². The van der Waals surface area contributed by atoms with Gasteiger partial charge in [-0.15, -0.1) is 0 Å². The number of nitrogens with zero attached hydrogens (tertiary/aromatic N) is 2. The first-order chi connectivity index (χ1) is 16.7. The molecular weight excluding hydrogens is 484 g/mol. The Morgan fingerprint density at radius 3 is 2.46 bits per heavy atom. The van der Waals surface area contributed by atoms with Gasteiger partial charge in [0.25, 0.3) is 5.91 Å². The van der Waals surface area contributed by atoms with E-state index in [1.54, 1.807) is 0 Å². The van der Waals surface area contributed by atoms with E-state index in [1.807, 2.05) is 0 Å². The maximum absolute atomic E-state index is 13.3. The third-order valence-corrected chi connectivity index (χ3v) is 8.22. The van der Waals surface area contributed by atoms with Crippen molar-refractivity contribution >= 4 is 27.9 Å². The number of aliphatic hydroxyl groups is 1. The number of amides is 1. The fourth-order valence-electron chi connectivity index (χ4n) is 4.44. The summed E-state index contributed by atoms with van der Waals surface area (Å²) < 4.78 is 48.2. The lowest BCUT2D eigenvalue weighted by molar-refractivity contribution is -0.156. The number of esters is 2. The molecule has 3 aliphatic heterocycles. The molecule has 1 aromatic rings. The molecule has 13 heteroatoms. The Kier molecular flexibility index (Phi) is 7.47. The van der Waals surface area contributed by atoms with Crippen LogP contribution in [0.5, 0.6) is 11.5 Å². The number of carbonyl (C=O) groups excluding carboxylic acids is 3. The van der Waals surface area contributed by atoms with Crippen LogP contribution < -0.4 is 9.47 Å². The van der Waals surface area contributed by atoms with Crippen LogP contribution in [0.25, 0.3) is 0 Å². The minimum absolute atomic E-state index is 0.113. The Morgan fingerprint density at radius 1 is 1.09 bits per heavy atom. The highest BCUT2D eigenvalue weighted by atomic mass is 32.2. The van der Waals surface area contributed by atoms with Gasteiger partial charge in [-0.3, -0.25) is 14.4 Å². The highest BCUT2D eigenvalue weighted by molar-refractivity contribution is 7.89. The topological polar surface area (TPSA) is 149 Å². The number of benzene rings is 1. The van der Waals surface area contributed by atoms with Crippen LogP contribution in [-0.4, -0.2) is 99.3 Å². The van der Waals surface area contributed by atoms with Gasteiger partial charge in [0, 0.05) is 32.1 Å². The number of hydrogen-bond acceptors (Lipinski definition) is 10. The zero-order valence-corrected chi connectivity index (χ0v) is 20.1. The average molecular weight is 513 g/mol. The first-order valence-electron chi connectivity index (χ1n) is 11.3. The van der Waals surface area contributed by atoms with Crippen molar-refractivity contribution in [2.45, 2.75) is 36.3 Å². The summed E-state index contributed by atoms with van der Waals surface area (Å²) in [5.41, 5.74) is 0. The van der Waals surface area contributed by atoms with Crippen LogP contribution in [0.1, 0.15) is 19.3 Å². The number of fused-ring (bicyclic) bond motifs is 1. The number of likely N-dealkylation sites (tertiary alicyclic amines) is 1. The number of aliphatic hydroxyl groups excluding tert-OH is 1.